The Labute approximate surface area is 385 Å². The van der Waals surface area contributed by atoms with E-state index < -0.39 is 0 Å². The highest BCUT2D eigenvalue weighted by Gasteiger charge is 2.46. The second-order valence-corrected chi connectivity index (χ2v) is 18.3. The molecule has 0 radical (unpaired) electrons. The van der Waals surface area contributed by atoms with Gasteiger partial charge in [-0.2, -0.15) is 0 Å². The van der Waals surface area contributed by atoms with Crippen molar-refractivity contribution >= 4 is 32.3 Å². The molecule has 0 saturated carbocycles. The standard InChI is InChI=1S/C63H48O3/c1-64-61-40(31-28-37-16-4-7-19-43(37)61)34-52-46-22-10-13-25-49(46)55-58(52)56-50-26-14-11-23-47(50)53(35-41-32-29-38-17-5-8-20-44(38)62(41)65-2)60(56)57-51-27-15-12-24-48(51)54(59(55)57)36-42-33-30-39-18-6-9-21-45(39)63(42)66-3/h4-33,52-54H,34-36H2,1-3H3/t52-,53-,54-/m1/s1. The molecule has 318 valence electrons. The molecule has 0 saturated heterocycles. The van der Waals surface area contributed by atoms with Crippen molar-refractivity contribution in [3.05, 3.63) is 232 Å². The first-order chi connectivity index (χ1) is 32.6. The lowest BCUT2D eigenvalue weighted by atomic mass is 9.77. The van der Waals surface area contributed by atoms with Crippen molar-refractivity contribution in [1.29, 1.82) is 0 Å². The molecule has 0 unspecified atom stereocenters. The normalized spacial score (nSPS) is 16.1. The van der Waals surface area contributed by atoms with Crippen LogP contribution in [-0.4, -0.2) is 21.3 Å². The second-order valence-electron chi connectivity index (χ2n) is 18.3. The highest BCUT2D eigenvalue weighted by Crippen LogP contribution is 2.65. The van der Waals surface area contributed by atoms with Gasteiger partial charge in [-0.15, -0.1) is 0 Å². The van der Waals surface area contributed by atoms with Crippen LogP contribution in [0.2, 0.25) is 0 Å². The summed E-state index contributed by atoms with van der Waals surface area (Å²) in [6.45, 7) is 0. The molecule has 10 aromatic rings. The van der Waals surface area contributed by atoms with E-state index in [9.17, 15) is 0 Å². The van der Waals surface area contributed by atoms with Crippen LogP contribution in [0.5, 0.6) is 17.2 Å². The zero-order chi connectivity index (χ0) is 44.0. The summed E-state index contributed by atoms with van der Waals surface area (Å²) >= 11 is 0. The molecule has 0 aromatic heterocycles. The molecule has 3 atom stereocenters. The van der Waals surface area contributed by atoms with E-state index in [2.05, 4.69) is 182 Å². The Kier molecular flexibility index (Phi) is 8.96. The van der Waals surface area contributed by atoms with Crippen molar-refractivity contribution in [3.8, 4) is 50.6 Å². The lowest BCUT2D eigenvalue weighted by molar-refractivity contribution is 0.414. The van der Waals surface area contributed by atoms with Gasteiger partial charge in [-0.25, -0.2) is 0 Å². The largest absolute Gasteiger partial charge is 0.496 e. The molecule has 0 spiro atoms. The Morgan fingerprint density at radius 1 is 0.303 bits per heavy atom. The number of hydrogen-bond acceptors (Lipinski definition) is 3. The van der Waals surface area contributed by atoms with Gasteiger partial charge in [0.1, 0.15) is 17.2 Å². The predicted molar refractivity (Wildman–Crippen MR) is 271 cm³/mol. The van der Waals surface area contributed by atoms with Gasteiger partial charge in [0.05, 0.1) is 21.3 Å². The highest BCUT2D eigenvalue weighted by atomic mass is 16.5. The number of benzene rings is 10. The molecule has 0 N–H and O–H groups in total. The Hall–Kier alpha value is -7.62. The number of hydrogen-bond donors (Lipinski definition) is 0. The van der Waals surface area contributed by atoms with Crippen LogP contribution < -0.4 is 14.2 Å². The summed E-state index contributed by atoms with van der Waals surface area (Å²) in [7, 11) is 5.49. The van der Waals surface area contributed by atoms with Crippen LogP contribution in [0.25, 0.3) is 65.7 Å². The molecule has 0 fully saturated rings. The molecule has 10 aromatic carbocycles. The maximum absolute atomic E-state index is 6.36. The SMILES string of the molecule is COc1c(C[C@@H]2c3ccccc3-c3c2c2c(c4c3[C@H](Cc3ccc5ccccc5c3OC)c3ccccc3-4)[C@H](Cc3ccc4ccccc4c3OC)c3ccccc3-2)ccc2ccccc12. The Balaban J connectivity index is 1.11. The minimum absolute atomic E-state index is 0.0897. The van der Waals surface area contributed by atoms with Crippen LogP contribution in [0.15, 0.2) is 182 Å². The van der Waals surface area contributed by atoms with Crippen LogP contribution >= 0.6 is 0 Å². The minimum Gasteiger partial charge on any atom is -0.496 e. The van der Waals surface area contributed by atoms with Gasteiger partial charge in [-0.1, -0.05) is 182 Å². The lowest BCUT2D eigenvalue weighted by Crippen LogP contribution is -2.10. The third-order valence-electron chi connectivity index (χ3n) is 15.2. The van der Waals surface area contributed by atoms with Crippen molar-refractivity contribution in [2.45, 2.75) is 37.0 Å². The molecule has 0 aliphatic heterocycles. The van der Waals surface area contributed by atoms with Crippen LogP contribution in [-0.2, 0) is 19.3 Å². The summed E-state index contributed by atoms with van der Waals surface area (Å²) < 4.78 is 19.1. The number of rotatable bonds is 9. The van der Waals surface area contributed by atoms with Crippen molar-refractivity contribution < 1.29 is 14.2 Å². The molecule has 3 heteroatoms. The first kappa shape index (κ1) is 38.8. The van der Waals surface area contributed by atoms with E-state index in [1.807, 2.05) is 21.3 Å². The van der Waals surface area contributed by atoms with Crippen molar-refractivity contribution in [3.63, 3.8) is 0 Å². The summed E-state index contributed by atoms with van der Waals surface area (Å²) in [5, 5.41) is 7.02. The molecule has 3 aliphatic carbocycles. The number of fused-ring (bicyclic) bond motifs is 15. The molecule has 3 nitrogen and oxygen atoms in total. The Bertz CT molecular complexity index is 3220. The van der Waals surface area contributed by atoms with Gasteiger partial charge in [0.2, 0.25) is 0 Å². The van der Waals surface area contributed by atoms with Crippen LogP contribution in [0.3, 0.4) is 0 Å². The molecule has 13 rings (SSSR count). The predicted octanol–water partition coefficient (Wildman–Crippen LogP) is 15.2. The Morgan fingerprint density at radius 2 is 0.576 bits per heavy atom. The van der Waals surface area contributed by atoms with Gasteiger partial charge in [-0.3, -0.25) is 0 Å². The van der Waals surface area contributed by atoms with Gasteiger partial charge in [-0.05, 0) is 119 Å². The summed E-state index contributed by atoms with van der Waals surface area (Å²) in [5.41, 5.74) is 20.4. The summed E-state index contributed by atoms with van der Waals surface area (Å²) in [4.78, 5) is 0. The van der Waals surface area contributed by atoms with E-state index in [0.717, 1.165) is 52.7 Å². The average Bonchev–Trinajstić information content (AvgIpc) is 3.99. The smallest absolute Gasteiger partial charge is 0.129 e. The quantitative estimate of drug-likeness (QED) is 0.145. The highest BCUT2D eigenvalue weighted by molar-refractivity contribution is 6.03. The molecular weight excluding hydrogens is 805 g/mol. The molecular formula is C63H48O3. The summed E-state index contributed by atoms with van der Waals surface area (Å²) in [6.07, 6.45) is 2.43. The van der Waals surface area contributed by atoms with Gasteiger partial charge in [0.15, 0.2) is 0 Å². The minimum atomic E-state index is 0.0897. The zero-order valence-electron chi connectivity index (χ0n) is 37.4. The van der Waals surface area contributed by atoms with E-state index in [0.29, 0.717) is 0 Å². The summed E-state index contributed by atoms with van der Waals surface area (Å²) in [5.74, 6) is 3.16. The fraction of sp³-hybridized carbons (Fsp3) is 0.143. The molecule has 0 heterocycles. The monoisotopic (exact) mass is 852 g/mol. The second kappa shape index (κ2) is 15.2. The van der Waals surface area contributed by atoms with E-state index in [1.54, 1.807) is 0 Å². The van der Waals surface area contributed by atoms with Gasteiger partial charge in [0.25, 0.3) is 0 Å². The fourth-order valence-corrected chi connectivity index (χ4v) is 12.6. The third-order valence-corrected chi connectivity index (χ3v) is 15.2. The molecule has 0 bridgehead atoms. The number of methoxy groups -OCH3 is 3. The van der Waals surface area contributed by atoms with Gasteiger partial charge in [0, 0.05) is 33.9 Å². The topological polar surface area (TPSA) is 27.7 Å². The van der Waals surface area contributed by atoms with Crippen LogP contribution in [0.4, 0.5) is 0 Å². The van der Waals surface area contributed by atoms with E-state index >= 15 is 0 Å². The Morgan fingerprint density at radius 3 is 0.879 bits per heavy atom. The van der Waals surface area contributed by atoms with Gasteiger partial charge < -0.3 is 14.2 Å². The van der Waals surface area contributed by atoms with Gasteiger partial charge >= 0.3 is 0 Å². The van der Waals surface area contributed by atoms with Crippen molar-refractivity contribution in [2.75, 3.05) is 21.3 Å². The lowest BCUT2D eigenvalue weighted by Gasteiger charge is -2.26. The maximum atomic E-state index is 6.36. The van der Waals surface area contributed by atoms with Crippen LogP contribution in [0.1, 0.15) is 67.8 Å². The molecule has 3 aliphatic rings. The summed E-state index contributed by atoms with van der Waals surface area (Å²) in [6, 6.07) is 67.4. The third kappa shape index (κ3) is 5.62. The first-order valence-electron chi connectivity index (χ1n) is 23.3. The first-order valence-corrected chi connectivity index (χ1v) is 23.3. The van der Waals surface area contributed by atoms with Crippen molar-refractivity contribution in [2.24, 2.45) is 0 Å². The maximum Gasteiger partial charge on any atom is 0.129 e. The van der Waals surface area contributed by atoms with Crippen LogP contribution in [0, 0.1) is 0 Å². The molecule has 0 amide bonds. The molecule has 66 heavy (non-hydrogen) atoms. The van der Waals surface area contributed by atoms with E-state index in [1.165, 1.54) is 99.6 Å². The van der Waals surface area contributed by atoms with E-state index in [4.69, 9.17) is 14.2 Å². The van der Waals surface area contributed by atoms with E-state index in [-0.39, 0.29) is 17.8 Å². The average molecular weight is 853 g/mol. The van der Waals surface area contributed by atoms with Crippen molar-refractivity contribution in [1.82, 2.24) is 0 Å². The fourth-order valence-electron chi connectivity index (χ4n) is 12.6. The number of ether oxygens (including phenoxy) is 3. The zero-order valence-corrected chi connectivity index (χ0v) is 37.4.